The molecule has 1 heterocycles. The molecule has 4 saturated carbocycles. The Morgan fingerprint density at radius 2 is 1.62 bits per heavy atom. The lowest BCUT2D eigenvalue weighted by Crippen LogP contribution is -2.58. The van der Waals surface area contributed by atoms with E-state index >= 15 is 0 Å². The standard InChI is InChI=1S/C14H21NO/c1-13(8-15-9-16-13)14-5-10-2-11(6-14)4-12(3-10)7-14/h9-12H,2-8H2,1H3. The molecular formula is C14H21NO. The molecule has 5 rings (SSSR count). The van der Waals surface area contributed by atoms with Crippen molar-refractivity contribution in [2.24, 2.45) is 28.2 Å². The second kappa shape index (κ2) is 2.83. The average molecular weight is 219 g/mol. The first-order valence-corrected chi connectivity index (χ1v) is 6.85. The van der Waals surface area contributed by atoms with Crippen LogP contribution in [0.2, 0.25) is 0 Å². The molecule has 0 saturated heterocycles. The fourth-order valence-corrected chi connectivity index (χ4v) is 5.45. The van der Waals surface area contributed by atoms with Crippen molar-refractivity contribution in [2.45, 2.75) is 51.0 Å². The molecule has 0 aromatic heterocycles. The number of hydrogen-bond acceptors (Lipinski definition) is 2. The molecular weight excluding hydrogens is 198 g/mol. The molecule has 2 heteroatoms. The van der Waals surface area contributed by atoms with Crippen LogP contribution in [0, 0.1) is 23.2 Å². The van der Waals surface area contributed by atoms with Crippen molar-refractivity contribution in [1.29, 1.82) is 0 Å². The Morgan fingerprint density at radius 1 is 1.06 bits per heavy atom. The molecule has 1 unspecified atom stereocenters. The fraction of sp³-hybridized carbons (Fsp3) is 0.929. The van der Waals surface area contributed by atoms with Crippen LogP contribution in [0.3, 0.4) is 0 Å². The summed E-state index contributed by atoms with van der Waals surface area (Å²) in [6.07, 6.45) is 10.5. The van der Waals surface area contributed by atoms with Gasteiger partial charge in [0.15, 0.2) is 6.40 Å². The van der Waals surface area contributed by atoms with Crippen LogP contribution in [0.5, 0.6) is 0 Å². The zero-order valence-corrected chi connectivity index (χ0v) is 10.1. The molecule has 1 atom stereocenters. The lowest BCUT2D eigenvalue weighted by Gasteiger charge is -2.61. The number of hydrogen-bond donors (Lipinski definition) is 0. The second-order valence-electron chi connectivity index (χ2n) is 6.99. The van der Waals surface area contributed by atoms with Gasteiger partial charge in [0.25, 0.3) is 0 Å². The molecule has 0 aromatic rings. The minimum atomic E-state index is 0.0308. The largest absolute Gasteiger partial charge is 0.475 e. The maximum absolute atomic E-state index is 5.93. The van der Waals surface area contributed by atoms with Crippen LogP contribution in [-0.4, -0.2) is 18.5 Å². The Bertz CT molecular complexity index is 303. The number of rotatable bonds is 1. The van der Waals surface area contributed by atoms with Crippen LogP contribution in [0.25, 0.3) is 0 Å². The van der Waals surface area contributed by atoms with Gasteiger partial charge in [-0.15, -0.1) is 0 Å². The SMILES string of the molecule is CC1(C23CC4CC(CC(C4)C2)C3)CN=CO1. The van der Waals surface area contributed by atoms with Gasteiger partial charge in [0.05, 0.1) is 6.54 Å². The van der Waals surface area contributed by atoms with E-state index in [4.69, 9.17) is 4.74 Å². The highest BCUT2D eigenvalue weighted by atomic mass is 16.5. The van der Waals surface area contributed by atoms with Crippen molar-refractivity contribution in [1.82, 2.24) is 0 Å². The lowest BCUT2D eigenvalue weighted by molar-refractivity contribution is -0.150. The summed E-state index contributed by atoms with van der Waals surface area (Å²) in [6.45, 7) is 3.21. The molecule has 0 amide bonds. The second-order valence-corrected chi connectivity index (χ2v) is 6.99. The molecule has 0 aromatic carbocycles. The molecule has 4 bridgehead atoms. The van der Waals surface area contributed by atoms with Crippen molar-refractivity contribution in [2.75, 3.05) is 6.54 Å². The summed E-state index contributed by atoms with van der Waals surface area (Å²) in [6, 6.07) is 0. The summed E-state index contributed by atoms with van der Waals surface area (Å²) < 4.78 is 5.93. The highest BCUT2D eigenvalue weighted by Gasteiger charge is 2.60. The maximum Gasteiger partial charge on any atom is 0.170 e. The number of aliphatic imine (C=N–C) groups is 1. The summed E-state index contributed by atoms with van der Waals surface area (Å²) in [4.78, 5) is 4.35. The number of nitrogens with zero attached hydrogens (tertiary/aromatic N) is 1. The van der Waals surface area contributed by atoms with Gasteiger partial charge in [-0.1, -0.05) is 0 Å². The van der Waals surface area contributed by atoms with Crippen molar-refractivity contribution in [3.63, 3.8) is 0 Å². The first kappa shape index (κ1) is 9.49. The maximum atomic E-state index is 5.93. The van der Waals surface area contributed by atoms with Crippen LogP contribution in [0.4, 0.5) is 0 Å². The minimum absolute atomic E-state index is 0.0308. The van der Waals surface area contributed by atoms with Gasteiger partial charge in [-0.05, 0) is 63.2 Å². The zero-order valence-electron chi connectivity index (χ0n) is 10.1. The molecule has 4 aliphatic carbocycles. The van der Waals surface area contributed by atoms with Gasteiger partial charge < -0.3 is 4.74 Å². The van der Waals surface area contributed by atoms with E-state index in [0.717, 1.165) is 24.3 Å². The first-order valence-electron chi connectivity index (χ1n) is 6.85. The van der Waals surface area contributed by atoms with Crippen LogP contribution in [0.15, 0.2) is 4.99 Å². The van der Waals surface area contributed by atoms with Crippen LogP contribution < -0.4 is 0 Å². The first-order chi connectivity index (χ1) is 7.69. The van der Waals surface area contributed by atoms with E-state index in [0.29, 0.717) is 5.41 Å². The Hall–Kier alpha value is -0.530. The third kappa shape index (κ3) is 1.06. The van der Waals surface area contributed by atoms with E-state index < -0.39 is 0 Å². The van der Waals surface area contributed by atoms with Crippen LogP contribution >= 0.6 is 0 Å². The monoisotopic (exact) mass is 219 g/mol. The van der Waals surface area contributed by atoms with E-state index in [-0.39, 0.29) is 5.60 Å². The zero-order chi connectivity index (χ0) is 10.8. The van der Waals surface area contributed by atoms with E-state index in [1.54, 1.807) is 6.40 Å². The number of ether oxygens (including phenoxy) is 1. The van der Waals surface area contributed by atoms with Crippen molar-refractivity contribution >= 4 is 6.40 Å². The summed E-state index contributed by atoms with van der Waals surface area (Å²) >= 11 is 0. The van der Waals surface area contributed by atoms with Gasteiger partial charge in [0.1, 0.15) is 5.60 Å². The quantitative estimate of drug-likeness (QED) is 0.664. The fourth-order valence-electron chi connectivity index (χ4n) is 5.45. The average Bonchev–Trinajstić information content (AvgIpc) is 2.64. The Kier molecular flexibility index (Phi) is 1.68. The Labute approximate surface area is 97.5 Å². The smallest absolute Gasteiger partial charge is 0.170 e. The van der Waals surface area contributed by atoms with Crippen molar-refractivity contribution < 1.29 is 4.74 Å². The van der Waals surface area contributed by atoms with Crippen molar-refractivity contribution in [3.8, 4) is 0 Å². The van der Waals surface area contributed by atoms with E-state index in [2.05, 4.69) is 11.9 Å². The molecule has 2 nitrogen and oxygen atoms in total. The van der Waals surface area contributed by atoms with Crippen LogP contribution in [-0.2, 0) is 4.74 Å². The highest BCUT2D eigenvalue weighted by Crippen LogP contribution is 2.64. The normalized spacial score (nSPS) is 57.9. The predicted molar refractivity (Wildman–Crippen MR) is 63.5 cm³/mol. The summed E-state index contributed by atoms with van der Waals surface area (Å²) in [7, 11) is 0. The molecule has 16 heavy (non-hydrogen) atoms. The molecule has 0 N–H and O–H groups in total. The van der Waals surface area contributed by atoms with E-state index in [1.807, 2.05) is 0 Å². The third-order valence-electron chi connectivity index (χ3n) is 5.94. The Morgan fingerprint density at radius 3 is 2.06 bits per heavy atom. The molecule has 0 radical (unpaired) electrons. The van der Waals surface area contributed by atoms with Crippen molar-refractivity contribution in [3.05, 3.63) is 0 Å². The topological polar surface area (TPSA) is 21.6 Å². The summed E-state index contributed by atoms with van der Waals surface area (Å²) in [5.41, 5.74) is 0.501. The van der Waals surface area contributed by atoms with Gasteiger partial charge in [0.2, 0.25) is 0 Å². The minimum Gasteiger partial charge on any atom is -0.475 e. The van der Waals surface area contributed by atoms with E-state index in [1.165, 1.54) is 38.5 Å². The summed E-state index contributed by atoms with van der Waals surface area (Å²) in [5.74, 6) is 3.02. The predicted octanol–water partition coefficient (Wildman–Crippen LogP) is 3.02. The summed E-state index contributed by atoms with van der Waals surface area (Å²) in [5, 5.41) is 0. The molecule has 88 valence electrons. The lowest BCUT2D eigenvalue weighted by atomic mass is 9.45. The molecule has 4 fully saturated rings. The molecule has 1 aliphatic heterocycles. The van der Waals surface area contributed by atoms with E-state index in [9.17, 15) is 0 Å². The van der Waals surface area contributed by atoms with Crippen LogP contribution in [0.1, 0.15) is 45.4 Å². The van der Waals surface area contributed by atoms with Gasteiger partial charge in [-0.25, -0.2) is 0 Å². The molecule has 0 spiro atoms. The van der Waals surface area contributed by atoms with Gasteiger partial charge in [-0.2, -0.15) is 0 Å². The van der Waals surface area contributed by atoms with Gasteiger partial charge in [-0.3, -0.25) is 4.99 Å². The highest BCUT2D eigenvalue weighted by molar-refractivity contribution is 5.50. The third-order valence-corrected chi connectivity index (χ3v) is 5.94. The molecule has 5 aliphatic rings. The Balaban J connectivity index is 1.71. The van der Waals surface area contributed by atoms with Gasteiger partial charge >= 0.3 is 0 Å². The van der Waals surface area contributed by atoms with Gasteiger partial charge in [0, 0.05) is 5.41 Å².